The van der Waals surface area contributed by atoms with Crippen molar-refractivity contribution in [2.24, 2.45) is 0 Å². The van der Waals surface area contributed by atoms with E-state index in [1.165, 1.54) is 0 Å². The van der Waals surface area contributed by atoms with Crippen LogP contribution in [0, 0.1) is 0 Å². The zero-order chi connectivity index (χ0) is 12.0. The number of hydrogen-bond acceptors (Lipinski definition) is 4. The van der Waals surface area contributed by atoms with E-state index in [-0.39, 0.29) is 19.1 Å². The molecule has 0 aliphatic rings. The highest BCUT2D eigenvalue weighted by molar-refractivity contribution is 5.99. The van der Waals surface area contributed by atoms with Crippen molar-refractivity contribution in [3.63, 3.8) is 0 Å². The highest BCUT2D eigenvalue weighted by Gasteiger charge is 2.11. The molecule has 1 amide bonds. The van der Waals surface area contributed by atoms with E-state index in [1.54, 1.807) is 25.2 Å². The van der Waals surface area contributed by atoms with Crippen LogP contribution in [0.15, 0.2) is 24.3 Å². The van der Waals surface area contributed by atoms with Crippen LogP contribution >= 0.6 is 0 Å². The fraction of sp³-hybridized carbons (Fsp3) is 0.364. The minimum Gasteiger partial charge on any atom is -0.394 e. The molecule has 0 radical (unpaired) electrons. The highest BCUT2D eigenvalue weighted by atomic mass is 16.3. The Morgan fingerprint density at radius 1 is 1.44 bits per heavy atom. The fourth-order valence-corrected chi connectivity index (χ4v) is 1.27. The molecule has 1 aromatic carbocycles. The quantitative estimate of drug-likeness (QED) is 0.559. The number of para-hydroxylation sites is 1. The Balaban J connectivity index is 2.65. The minimum atomic E-state index is -0.925. The van der Waals surface area contributed by atoms with Gasteiger partial charge in [0.05, 0.1) is 18.3 Å². The summed E-state index contributed by atoms with van der Waals surface area (Å²) in [6.07, 6.45) is -0.925. The van der Waals surface area contributed by atoms with Crippen LogP contribution in [0.4, 0.5) is 5.69 Å². The first-order valence-electron chi connectivity index (χ1n) is 5.03. The van der Waals surface area contributed by atoms with Crippen LogP contribution in [0.1, 0.15) is 10.4 Å². The van der Waals surface area contributed by atoms with E-state index < -0.39 is 6.10 Å². The molecule has 0 saturated carbocycles. The molecule has 0 heterocycles. The summed E-state index contributed by atoms with van der Waals surface area (Å²) in [6.45, 7) is -0.332. The summed E-state index contributed by atoms with van der Waals surface area (Å²) in [5.74, 6) is -0.280. The smallest absolute Gasteiger partial charge is 0.253 e. The Bertz CT molecular complexity index is 355. The molecular weight excluding hydrogens is 208 g/mol. The number of amides is 1. The summed E-state index contributed by atoms with van der Waals surface area (Å²) in [4.78, 5) is 11.7. The van der Waals surface area contributed by atoms with Crippen LogP contribution in [0.25, 0.3) is 0 Å². The lowest BCUT2D eigenvalue weighted by Gasteiger charge is -2.11. The Hall–Kier alpha value is -1.59. The first-order valence-corrected chi connectivity index (χ1v) is 5.03. The predicted molar refractivity (Wildman–Crippen MR) is 61.4 cm³/mol. The van der Waals surface area contributed by atoms with Crippen molar-refractivity contribution in [3.8, 4) is 0 Å². The maximum atomic E-state index is 11.7. The molecule has 1 aromatic rings. The predicted octanol–water partition coefficient (Wildman–Crippen LogP) is -0.189. The van der Waals surface area contributed by atoms with Gasteiger partial charge in [-0.2, -0.15) is 0 Å². The van der Waals surface area contributed by atoms with E-state index in [0.29, 0.717) is 5.56 Å². The second-order valence-electron chi connectivity index (χ2n) is 3.34. The molecule has 0 aromatic heterocycles. The van der Waals surface area contributed by atoms with Gasteiger partial charge in [-0.25, -0.2) is 0 Å². The largest absolute Gasteiger partial charge is 0.394 e. The summed E-state index contributed by atoms with van der Waals surface area (Å²) < 4.78 is 0. The molecule has 0 fully saturated rings. The van der Waals surface area contributed by atoms with Crippen molar-refractivity contribution in [1.29, 1.82) is 0 Å². The van der Waals surface area contributed by atoms with Gasteiger partial charge in [0.25, 0.3) is 5.91 Å². The van der Waals surface area contributed by atoms with Crippen molar-refractivity contribution in [2.45, 2.75) is 6.10 Å². The molecule has 88 valence electrons. The number of hydrogen-bond donors (Lipinski definition) is 4. The van der Waals surface area contributed by atoms with Gasteiger partial charge in [-0.3, -0.25) is 4.79 Å². The average molecular weight is 224 g/mol. The molecule has 16 heavy (non-hydrogen) atoms. The molecule has 0 spiro atoms. The molecule has 4 N–H and O–H groups in total. The second-order valence-corrected chi connectivity index (χ2v) is 3.34. The average Bonchev–Trinajstić information content (AvgIpc) is 2.35. The Morgan fingerprint density at radius 3 is 2.75 bits per heavy atom. The van der Waals surface area contributed by atoms with E-state index in [2.05, 4.69) is 10.6 Å². The zero-order valence-electron chi connectivity index (χ0n) is 9.10. The molecule has 0 aliphatic carbocycles. The summed E-state index contributed by atoms with van der Waals surface area (Å²) in [5, 5.41) is 23.1. The number of nitrogens with one attached hydrogen (secondary N) is 2. The number of anilines is 1. The van der Waals surface area contributed by atoms with Gasteiger partial charge in [-0.15, -0.1) is 0 Å². The third kappa shape index (κ3) is 3.22. The van der Waals surface area contributed by atoms with Crippen molar-refractivity contribution in [3.05, 3.63) is 29.8 Å². The summed E-state index contributed by atoms with van der Waals surface area (Å²) >= 11 is 0. The van der Waals surface area contributed by atoms with Gasteiger partial charge >= 0.3 is 0 Å². The number of rotatable bonds is 5. The monoisotopic (exact) mass is 224 g/mol. The van der Waals surface area contributed by atoms with E-state index in [9.17, 15) is 4.79 Å². The van der Waals surface area contributed by atoms with Gasteiger partial charge in [0, 0.05) is 19.3 Å². The van der Waals surface area contributed by atoms with E-state index in [4.69, 9.17) is 10.2 Å². The van der Waals surface area contributed by atoms with Gasteiger partial charge in [0.2, 0.25) is 0 Å². The van der Waals surface area contributed by atoms with E-state index in [1.807, 2.05) is 6.07 Å². The van der Waals surface area contributed by atoms with Crippen molar-refractivity contribution in [2.75, 3.05) is 25.5 Å². The third-order valence-electron chi connectivity index (χ3n) is 2.15. The summed E-state index contributed by atoms with van der Waals surface area (Å²) in [5.41, 5.74) is 1.23. The first kappa shape index (κ1) is 12.5. The summed E-state index contributed by atoms with van der Waals surface area (Å²) in [7, 11) is 1.73. The molecule has 1 atom stereocenters. The van der Waals surface area contributed by atoms with Crippen molar-refractivity contribution < 1.29 is 15.0 Å². The molecule has 0 bridgehead atoms. The van der Waals surface area contributed by atoms with Gasteiger partial charge in [0.1, 0.15) is 0 Å². The van der Waals surface area contributed by atoms with Crippen LogP contribution in [0.3, 0.4) is 0 Å². The fourth-order valence-electron chi connectivity index (χ4n) is 1.27. The first-order chi connectivity index (χ1) is 7.69. The van der Waals surface area contributed by atoms with Crippen LogP contribution < -0.4 is 10.6 Å². The minimum absolute atomic E-state index is 0.0351. The second kappa shape index (κ2) is 6.09. The van der Waals surface area contributed by atoms with Gasteiger partial charge in [0.15, 0.2) is 0 Å². The number of benzene rings is 1. The molecule has 0 aliphatic heterocycles. The van der Waals surface area contributed by atoms with Gasteiger partial charge < -0.3 is 20.8 Å². The third-order valence-corrected chi connectivity index (χ3v) is 2.15. The standard InChI is InChI=1S/C11H16N2O3/c1-12-10-5-3-2-4-9(10)11(16)13-6-8(15)7-14/h2-5,8,12,14-15H,6-7H2,1H3,(H,13,16). The number of carbonyl (C=O) groups is 1. The lowest BCUT2D eigenvalue weighted by atomic mass is 10.1. The molecule has 0 saturated heterocycles. The van der Waals surface area contributed by atoms with Crippen molar-refractivity contribution >= 4 is 11.6 Å². The van der Waals surface area contributed by atoms with Crippen LogP contribution in [0.2, 0.25) is 0 Å². The lowest BCUT2D eigenvalue weighted by Crippen LogP contribution is -2.34. The normalized spacial score (nSPS) is 11.9. The Labute approximate surface area is 94.1 Å². The zero-order valence-corrected chi connectivity index (χ0v) is 9.10. The van der Waals surface area contributed by atoms with E-state index >= 15 is 0 Å². The maximum Gasteiger partial charge on any atom is 0.253 e. The summed E-state index contributed by atoms with van der Waals surface area (Å²) in [6, 6.07) is 7.06. The molecule has 1 rings (SSSR count). The van der Waals surface area contributed by atoms with Crippen molar-refractivity contribution in [1.82, 2.24) is 5.32 Å². The molecule has 5 heteroatoms. The van der Waals surface area contributed by atoms with Crippen LogP contribution in [0.5, 0.6) is 0 Å². The topological polar surface area (TPSA) is 81.6 Å². The number of aliphatic hydroxyl groups excluding tert-OH is 2. The molecule has 1 unspecified atom stereocenters. The Kier molecular flexibility index (Phi) is 4.75. The maximum absolute atomic E-state index is 11.7. The van der Waals surface area contributed by atoms with Gasteiger partial charge in [-0.05, 0) is 12.1 Å². The SMILES string of the molecule is CNc1ccccc1C(=O)NCC(O)CO. The number of carbonyl (C=O) groups excluding carboxylic acids is 1. The van der Waals surface area contributed by atoms with Crippen LogP contribution in [-0.4, -0.2) is 42.4 Å². The molecular formula is C11H16N2O3. The van der Waals surface area contributed by atoms with Crippen LogP contribution in [-0.2, 0) is 0 Å². The highest BCUT2D eigenvalue weighted by Crippen LogP contribution is 2.13. The molecule has 5 nitrogen and oxygen atoms in total. The number of aliphatic hydroxyl groups is 2. The van der Waals surface area contributed by atoms with E-state index in [0.717, 1.165) is 5.69 Å². The lowest BCUT2D eigenvalue weighted by molar-refractivity contribution is 0.0802. The van der Waals surface area contributed by atoms with Gasteiger partial charge in [-0.1, -0.05) is 12.1 Å². The Morgan fingerprint density at radius 2 is 2.12 bits per heavy atom.